The zero-order chi connectivity index (χ0) is 13.8. The van der Waals surface area contributed by atoms with E-state index in [-0.39, 0.29) is 5.91 Å². The maximum Gasteiger partial charge on any atom is 0.255 e. The Kier molecular flexibility index (Phi) is 4.29. The van der Waals surface area contributed by atoms with Gasteiger partial charge in [0.2, 0.25) is 0 Å². The van der Waals surface area contributed by atoms with E-state index in [9.17, 15) is 4.79 Å². The second kappa shape index (κ2) is 5.95. The molecule has 2 aromatic rings. The van der Waals surface area contributed by atoms with Gasteiger partial charge in [0.1, 0.15) is 0 Å². The molecule has 0 aliphatic rings. The molecule has 1 amide bonds. The van der Waals surface area contributed by atoms with Crippen LogP contribution in [0.4, 0.5) is 5.69 Å². The molecule has 4 nitrogen and oxygen atoms in total. The lowest BCUT2D eigenvalue weighted by atomic mass is 10.1. The lowest BCUT2D eigenvalue weighted by Crippen LogP contribution is -2.14. The Labute approximate surface area is 120 Å². The molecule has 0 saturated heterocycles. The highest BCUT2D eigenvalue weighted by atomic mass is 79.9. The number of hydrogen-bond acceptors (Lipinski definition) is 3. The van der Waals surface area contributed by atoms with Gasteiger partial charge in [0.25, 0.3) is 5.91 Å². The summed E-state index contributed by atoms with van der Waals surface area (Å²) in [4.78, 5) is 16.2. The van der Waals surface area contributed by atoms with Crippen molar-refractivity contribution in [2.45, 2.75) is 13.5 Å². The number of anilines is 1. The van der Waals surface area contributed by atoms with Crippen molar-refractivity contribution in [3.8, 4) is 0 Å². The van der Waals surface area contributed by atoms with E-state index in [0.717, 1.165) is 15.7 Å². The molecule has 1 heterocycles. The Hall–Kier alpha value is -1.72. The molecular weight excluding hydrogens is 306 g/mol. The van der Waals surface area contributed by atoms with Gasteiger partial charge in [-0.2, -0.15) is 0 Å². The number of aryl methyl sites for hydroxylation is 1. The number of carbonyl (C=O) groups excluding carboxylic acids is 1. The molecule has 0 radical (unpaired) electrons. The number of pyridine rings is 1. The lowest BCUT2D eigenvalue weighted by Gasteiger charge is -2.09. The second-order valence-electron chi connectivity index (χ2n) is 4.15. The van der Waals surface area contributed by atoms with Crippen LogP contribution in [-0.2, 0) is 6.54 Å². The van der Waals surface area contributed by atoms with Gasteiger partial charge in [0.05, 0.1) is 5.69 Å². The van der Waals surface area contributed by atoms with Gasteiger partial charge in [-0.05, 0) is 36.8 Å². The van der Waals surface area contributed by atoms with Crippen LogP contribution >= 0.6 is 15.9 Å². The molecule has 0 aliphatic carbocycles. The number of nitrogens with two attached hydrogens (primary N) is 1. The van der Waals surface area contributed by atoms with E-state index in [1.165, 1.54) is 0 Å². The number of nitrogens with one attached hydrogen (secondary N) is 1. The minimum atomic E-state index is -0.168. The Balaban J connectivity index is 2.22. The Bertz CT molecular complexity index is 613. The van der Waals surface area contributed by atoms with Crippen LogP contribution in [0.1, 0.15) is 21.6 Å². The second-order valence-corrected chi connectivity index (χ2v) is 5.07. The summed E-state index contributed by atoms with van der Waals surface area (Å²) in [5.41, 5.74) is 8.55. The SMILES string of the molecule is Cc1ccc(Br)cc1NC(=O)c1ccnc(CN)c1. The van der Waals surface area contributed by atoms with Crippen molar-refractivity contribution in [3.63, 3.8) is 0 Å². The van der Waals surface area contributed by atoms with Crippen LogP contribution in [0, 0.1) is 6.92 Å². The minimum Gasteiger partial charge on any atom is -0.325 e. The molecule has 1 aromatic heterocycles. The first kappa shape index (κ1) is 13.7. The fourth-order valence-electron chi connectivity index (χ4n) is 1.65. The summed E-state index contributed by atoms with van der Waals surface area (Å²) in [5.74, 6) is -0.168. The number of amides is 1. The van der Waals surface area contributed by atoms with Gasteiger partial charge in [-0.1, -0.05) is 22.0 Å². The lowest BCUT2D eigenvalue weighted by molar-refractivity contribution is 0.102. The molecule has 0 aliphatic heterocycles. The molecular formula is C14H14BrN3O. The summed E-state index contributed by atoms with van der Waals surface area (Å²) in [6.45, 7) is 2.26. The van der Waals surface area contributed by atoms with Crippen molar-refractivity contribution in [2.24, 2.45) is 5.73 Å². The van der Waals surface area contributed by atoms with Crippen LogP contribution in [0.3, 0.4) is 0 Å². The van der Waals surface area contributed by atoms with Crippen molar-refractivity contribution in [1.82, 2.24) is 4.98 Å². The number of benzene rings is 1. The molecule has 0 unspecified atom stereocenters. The number of halogens is 1. The van der Waals surface area contributed by atoms with E-state index < -0.39 is 0 Å². The van der Waals surface area contributed by atoms with E-state index in [2.05, 4.69) is 26.2 Å². The van der Waals surface area contributed by atoms with Crippen molar-refractivity contribution < 1.29 is 4.79 Å². The molecule has 0 atom stereocenters. The van der Waals surface area contributed by atoms with Crippen molar-refractivity contribution >= 4 is 27.5 Å². The van der Waals surface area contributed by atoms with Gasteiger partial charge in [0, 0.05) is 28.5 Å². The molecule has 98 valence electrons. The van der Waals surface area contributed by atoms with Crippen LogP contribution in [0.15, 0.2) is 41.0 Å². The van der Waals surface area contributed by atoms with Crippen LogP contribution in [0.25, 0.3) is 0 Å². The maximum absolute atomic E-state index is 12.2. The number of aromatic nitrogens is 1. The molecule has 0 spiro atoms. The van der Waals surface area contributed by atoms with E-state index in [1.807, 2.05) is 25.1 Å². The first-order valence-electron chi connectivity index (χ1n) is 5.82. The standard InChI is InChI=1S/C14H14BrN3O/c1-9-2-3-11(15)7-13(9)18-14(19)10-4-5-17-12(6-10)8-16/h2-7H,8,16H2,1H3,(H,18,19). The van der Waals surface area contributed by atoms with Gasteiger partial charge in [-0.3, -0.25) is 9.78 Å². The van der Waals surface area contributed by atoms with Gasteiger partial charge >= 0.3 is 0 Å². The summed E-state index contributed by atoms with van der Waals surface area (Å²) in [7, 11) is 0. The molecule has 0 bridgehead atoms. The highest BCUT2D eigenvalue weighted by Gasteiger charge is 2.08. The third kappa shape index (κ3) is 3.39. The zero-order valence-corrected chi connectivity index (χ0v) is 12.1. The molecule has 0 fully saturated rings. The van der Waals surface area contributed by atoms with Crippen LogP contribution < -0.4 is 11.1 Å². The predicted octanol–water partition coefficient (Wildman–Crippen LogP) is 2.86. The van der Waals surface area contributed by atoms with Crippen molar-refractivity contribution in [1.29, 1.82) is 0 Å². The van der Waals surface area contributed by atoms with Crippen molar-refractivity contribution in [3.05, 3.63) is 57.8 Å². The molecule has 3 N–H and O–H groups in total. The van der Waals surface area contributed by atoms with Crippen LogP contribution in [0.5, 0.6) is 0 Å². The summed E-state index contributed by atoms with van der Waals surface area (Å²) in [6.07, 6.45) is 1.59. The summed E-state index contributed by atoms with van der Waals surface area (Å²) < 4.78 is 0.922. The Morgan fingerprint density at radius 3 is 2.89 bits per heavy atom. The van der Waals surface area contributed by atoms with E-state index >= 15 is 0 Å². The molecule has 5 heteroatoms. The quantitative estimate of drug-likeness (QED) is 0.914. The zero-order valence-electron chi connectivity index (χ0n) is 10.5. The molecule has 1 aromatic carbocycles. The highest BCUT2D eigenvalue weighted by molar-refractivity contribution is 9.10. The fourth-order valence-corrected chi connectivity index (χ4v) is 2.02. The van der Waals surface area contributed by atoms with Crippen LogP contribution in [0.2, 0.25) is 0 Å². The number of hydrogen-bond donors (Lipinski definition) is 2. The summed E-state index contributed by atoms with van der Waals surface area (Å²) >= 11 is 3.39. The first-order valence-corrected chi connectivity index (χ1v) is 6.62. The fraction of sp³-hybridized carbons (Fsp3) is 0.143. The van der Waals surface area contributed by atoms with Gasteiger partial charge in [-0.25, -0.2) is 0 Å². The Morgan fingerprint density at radius 2 is 2.16 bits per heavy atom. The van der Waals surface area contributed by atoms with Crippen molar-refractivity contribution in [2.75, 3.05) is 5.32 Å². The van der Waals surface area contributed by atoms with E-state index in [0.29, 0.717) is 17.8 Å². The van der Waals surface area contributed by atoms with Gasteiger partial charge < -0.3 is 11.1 Å². The Morgan fingerprint density at radius 1 is 1.37 bits per heavy atom. The normalized spacial score (nSPS) is 10.3. The largest absolute Gasteiger partial charge is 0.325 e. The molecule has 0 saturated carbocycles. The summed E-state index contributed by atoms with van der Waals surface area (Å²) in [5, 5.41) is 2.88. The number of carbonyl (C=O) groups is 1. The predicted molar refractivity (Wildman–Crippen MR) is 79.0 cm³/mol. The highest BCUT2D eigenvalue weighted by Crippen LogP contribution is 2.21. The van der Waals surface area contributed by atoms with Gasteiger partial charge in [0.15, 0.2) is 0 Å². The monoisotopic (exact) mass is 319 g/mol. The number of nitrogens with zero attached hydrogens (tertiary/aromatic N) is 1. The first-order chi connectivity index (χ1) is 9.10. The average molecular weight is 320 g/mol. The van der Waals surface area contributed by atoms with Crippen LogP contribution in [-0.4, -0.2) is 10.9 Å². The smallest absolute Gasteiger partial charge is 0.255 e. The summed E-state index contributed by atoms with van der Waals surface area (Å²) in [6, 6.07) is 9.12. The number of rotatable bonds is 3. The van der Waals surface area contributed by atoms with E-state index in [4.69, 9.17) is 5.73 Å². The topological polar surface area (TPSA) is 68.0 Å². The average Bonchev–Trinajstić information content (AvgIpc) is 2.43. The molecule has 2 rings (SSSR count). The molecule has 19 heavy (non-hydrogen) atoms. The van der Waals surface area contributed by atoms with Gasteiger partial charge in [-0.15, -0.1) is 0 Å². The third-order valence-corrected chi connectivity index (χ3v) is 3.23. The van der Waals surface area contributed by atoms with E-state index in [1.54, 1.807) is 18.3 Å². The maximum atomic E-state index is 12.2. The minimum absolute atomic E-state index is 0.168. The third-order valence-electron chi connectivity index (χ3n) is 2.74.